The first-order valence-corrected chi connectivity index (χ1v) is 7.04. The number of carbonyl (C=O) groups is 1. The van der Waals surface area contributed by atoms with Crippen LogP contribution in [-0.4, -0.2) is 25.6 Å². The number of ether oxygens (including phenoxy) is 1. The highest BCUT2D eigenvalue weighted by molar-refractivity contribution is 5.98. The highest BCUT2D eigenvalue weighted by Crippen LogP contribution is 2.31. The second-order valence-corrected chi connectivity index (χ2v) is 4.85. The first kappa shape index (κ1) is 13.7. The van der Waals surface area contributed by atoms with Gasteiger partial charge in [-0.3, -0.25) is 4.79 Å². The normalized spacial score (nSPS) is 13.4. The number of rotatable bonds is 5. The SMILES string of the molecule is CCC(CC)CNC(=O)c1cccc2c1OCCN2. The van der Waals surface area contributed by atoms with Crippen molar-refractivity contribution in [2.24, 2.45) is 5.92 Å². The zero-order valence-corrected chi connectivity index (χ0v) is 11.7. The Morgan fingerprint density at radius 3 is 2.95 bits per heavy atom. The fourth-order valence-corrected chi connectivity index (χ4v) is 2.26. The molecule has 0 fully saturated rings. The quantitative estimate of drug-likeness (QED) is 0.857. The lowest BCUT2D eigenvalue weighted by Crippen LogP contribution is -2.30. The Balaban J connectivity index is 2.07. The highest BCUT2D eigenvalue weighted by atomic mass is 16.5. The molecule has 1 aliphatic rings. The third-order valence-electron chi connectivity index (χ3n) is 3.63. The fraction of sp³-hybridized carbons (Fsp3) is 0.533. The number of amides is 1. The van der Waals surface area contributed by atoms with Crippen molar-refractivity contribution in [3.63, 3.8) is 0 Å². The van der Waals surface area contributed by atoms with E-state index in [0.29, 0.717) is 23.8 Å². The van der Waals surface area contributed by atoms with E-state index in [1.807, 2.05) is 18.2 Å². The maximum Gasteiger partial charge on any atom is 0.255 e. The number of benzene rings is 1. The van der Waals surface area contributed by atoms with Gasteiger partial charge < -0.3 is 15.4 Å². The lowest BCUT2D eigenvalue weighted by molar-refractivity contribution is 0.0942. The van der Waals surface area contributed by atoms with Crippen LogP contribution in [0.25, 0.3) is 0 Å². The number of fused-ring (bicyclic) bond motifs is 1. The number of hydrogen-bond donors (Lipinski definition) is 2. The van der Waals surface area contributed by atoms with Crippen LogP contribution in [0.15, 0.2) is 18.2 Å². The van der Waals surface area contributed by atoms with Gasteiger partial charge in [0.15, 0.2) is 5.75 Å². The molecular formula is C15H22N2O2. The van der Waals surface area contributed by atoms with Gasteiger partial charge in [0.05, 0.1) is 11.3 Å². The Morgan fingerprint density at radius 2 is 2.21 bits per heavy atom. The Hall–Kier alpha value is -1.71. The molecule has 0 radical (unpaired) electrons. The Kier molecular flexibility index (Phi) is 4.66. The molecule has 19 heavy (non-hydrogen) atoms. The van der Waals surface area contributed by atoms with Crippen molar-refractivity contribution >= 4 is 11.6 Å². The molecule has 1 amide bonds. The molecule has 0 saturated carbocycles. The van der Waals surface area contributed by atoms with Gasteiger partial charge in [-0.25, -0.2) is 0 Å². The average molecular weight is 262 g/mol. The molecule has 1 heterocycles. The van der Waals surface area contributed by atoms with Gasteiger partial charge in [0, 0.05) is 13.1 Å². The van der Waals surface area contributed by atoms with Crippen LogP contribution in [0.1, 0.15) is 37.0 Å². The third kappa shape index (κ3) is 3.19. The molecule has 2 rings (SSSR count). The molecular weight excluding hydrogens is 240 g/mol. The molecule has 0 atom stereocenters. The molecule has 1 aromatic rings. The van der Waals surface area contributed by atoms with E-state index in [1.165, 1.54) is 0 Å². The monoisotopic (exact) mass is 262 g/mol. The molecule has 1 aromatic carbocycles. The highest BCUT2D eigenvalue weighted by Gasteiger charge is 2.19. The topological polar surface area (TPSA) is 50.4 Å². The predicted octanol–water partition coefficient (Wildman–Crippen LogP) is 2.66. The predicted molar refractivity (Wildman–Crippen MR) is 76.8 cm³/mol. The maximum atomic E-state index is 12.2. The van der Waals surface area contributed by atoms with E-state index in [9.17, 15) is 4.79 Å². The Labute approximate surface area is 114 Å². The van der Waals surface area contributed by atoms with Crippen molar-refractivity contribution in [3.8, 4) is 5.75 Å². The zero-order chi connectivity index (χ0) is 13.7. The van der Waals surface area contributed by atoms with Crippen LogP contribution in [-0.2, 0) is 0 Å². The lowest BCUT2D eigenvalue weighted by atomic mass is 10.0. The molecule has 0 bridgehead atoms. The summed E-state index contributed by atoms with van der Waals surface area (Å²) in [6, 6.07) is 5.63. The van der Waals surface area contributed by atoms with Crippen LogP contribution in [0.4, 0.5) is 5.69 Å². The van der Waals surface area contributed by atoms with Gasteiger partial charge in [-0.1, -0.05) is 32.8 Å². The average Bonchev–Trinajstić information content (AvgIpc) is 2.47. The summed E-state index contributed by atoms with van der Waals surface area (Å²) in [6.45, 7) is 6.41. The third-order valence-corrected chi connectivity index (χ3v) is 3.63. The number of anilines is 1. The number of para-hydroxylation sites is 1. The summed E-state index contributed by atoms with van der Waals surface area (Å²) in [6.07, 6.45) is 2.17. The van der Waals surface area contributed by atoms with Crippen molar-refractivity contribution in [2.45, 2.75) is 26.7 Å². The van der Waals surface area contributed by atoms with E-state index in [4.69, 9.17) is 4.74 Å². The standard InChI is InChI=1S/C15H22N2O2/c1-3-11(4-2)10-17-15(18)12-6-5-7-13-14(12)19-9-8-16-13/h5-7,11,16H,3-4,8-10H2,1-2H3,(H,17,18). The first-order valence-electron chi connectivity index (χ1n) is 7.04. The Bertz CT molecular complexity index is 442. The molecule has 1 aliphatic heterocycles. The second-order valence-electron chi connectivity index (χ2n) is 4.85. The van der Waals surface area contributed by atoms with Crippen molar-refractivity contribution in [2.75, 3.05) is 25.0 Å². The summed E-state index contributed by atoms with van der Waals surface area (Å²) >= 11 is 0. The van der Waals surface area contributed by atoms with Crippen LogP contribution in [0.2, 0.25) is 0 Å². The van der Waals surface area contributed by atoms with E-state index >= 15 is 0 Å². The van der Waals surface area contributed by atoms with E-state index < -0.39 is 0 Å². The fourth-order valence-electron chi connectivity index (χ4n) is 2.26. The number of carbonyl (C=O) groups excluding carboxylic acids is 1. The van der Waals surface area contributed by atoms with Gasteiger partial charge in [-0.05, 0) is 18.1 Å². The van der Waals surface area contributed by atoms with Crippen LogP contribution in [0.5, 0.6) is 5.75 Å². The summed E-state index contributed by atoms with van der Waals surface area (Å²) in [5.41, 5.74) is 1.53. The zero-order valence-electron chi connectivity index (χ0n) is 11.7. The minimum absolute atomic E-state index is 0.0487. The molecule has 4 heteroatoms. The minimum atomic E-state index is -0.0487. The lowest BCUT2D eigenvalue weighted by Gasteiger charge is -2.21. The molecule has 0 spiro atoms. The van der Waals surface area contributed by atoms with Crippen LogP contribution < -0.4 is 15.4 Å². The van der Waals surface area contributed by atoms with Gasteiger partial charge in [0.2, 0.25) is 0 Å². The Morgan fingerprint density at radius 1 is 1.42 bits per heavy atom. The van der Waals surface area contributed by atoms with Gasteiger partial charge in [0.1, 0.15) is 6.61 Å². The van der Waals surface area contributed by atoms with Crippen molar-refractivity contribution in [1.29, 1.82) is 0 Å². The second kappa shape index (κ2) is 6.45. The van der Waals surface area contributed by atoms with Crippen LogP contribution in [0, 0.1) is 5.92 Å². The van der Waals surface area contributed by atoms with Gasteiger partial charge in [-0.2, -0.15) is 0 Å². The van der Waals surface area contributed by atoms with Gasteiger partial charge >= 0.3 is 0 Å². The molecule has 4 nitrogen and oxygen atoms in total. The summed E-state index contributed by atoms with van der Waals surface area (Å²) in [7, 11) is 0. The van der Waals surface area contributed by atoms with E-state index in [2.05, 4.69) is 24.5 Å². The van der Waals surface area contributed by atoms with Gasteiger partial charge in [0.25, 0.3) is 5.91 Å². The van der Waals surface area contributed by atoms with Crippen molar-refractivity contribution in [1.82, 2.24) is 5.32 Å². The molecule has 0 saturated heterocycles. The maximum absolute atomic E-state index is 12.2. The summed E-state index contributed by atoms with van der Waals surface area (Å²) in [4.78, 5) is 12.2. The van der Waals surface area contributed by atoms with Crippen molar-refractivity contribution < 1.29 is 9.53 Å². The van der Waals surface area contributed by atoms with Gasteiger partial charge in [-0.15, -0.1) is 0 Å². The summed E-state index contributed by atoms with van der Waals surface area (Å²) in [5.74, 6) is 1.17. The molecule has 0 aliphatic carbocycles. The first-order chi connectivity index (χ1) is 9.26. The van der Waals surface area contributed by atoms with Crippen LogP contribution >= 0.6 is 0 Å². The molecule has 0 unspecified atom stereocenters. The molecule has 0 aromatic heterocycles. The van der Waals surface area contributed by atoms with E-state index in [-0.39, 0.29) is 5.91 Å². The number of hydrogen-bond acceptors (Lipinski definition) is 3. The summed E-state index contributed by atoms with van der Waals surface area (Å²) < 4.78 is 5.61. The largest absolute Gasteiger partial charge is 0.489 e. The summed E-state index contributed by atoms with van der Waals surface area (Å²) in [5, 5.41) is 6.24. The minimum Gasteiger partial charge on any atom is -0.489 e. The van der Waals surface area contributed by atoms with E-state index in [1.54, 1.807) is 0 Å². The number of nitrogens with one attached hydrogen (secondary N) is 2. The molecule has 2 N–H and O–H groups in total. The van der Waals surface area contributed by atoms with Crippen LogP contribution in [0.3, 0.4) is 0 Å². The van der Waals surface area contributed by atoms with E-state index in [0.717, 1.165) is 31.6 Å². The van der Waals surface area contributed by atoms with Crippen molar-refractivity contribution in [3.05, 3.63) is 23.8 Å². The smallest absolute Gasteiger partial charge is 0.255 e. The molecule has 104 valence electrons.